The summed E-state index contributed by atoms with van der Waals surface area (Å²) in [6.07, 6.45) is 3.54. The molecule has 3 heterocycles. The van der Waals surface area contributed by atoms with Crippen LogP contribution in [0.3, 0.4) is 0 Å². The normalized spacial score (nSPS) is 11.3. The predicted molar refractivity (Wildman–Crippen MR) is 89.1 cm³/mol. The zero-order valence-electron chi connectivity index (χ0n) is 13.2. The zero-order chi connectivity index (χ0) is 17.2. The summed E-state index contributed by atoms with van der Waals surface area (Å²) in [7, 11) is 0. The van der Waals surface area contributed by atoms with Crippen LogP contribution in [-0.4, -0.2) is 41.5 Å². The number of aliphatic hydroxyl groups excluding tert-OH is 1. The topological polar surface area (TPSA) is 81.6 Å². The van der Waals surface area contributed by atoms with Crippen LogP contribution in [-0.2, 0) is 13.1 Å². The van der Waals surface area contributed by atoms with E-state index in [1.165, 1.54) is 12.1 Å². The highest BCUT2D eigenvalue weighted by atomic mass is 19.1. The molecule has 0 spiro atoms. The monoisotopic (exact) mass is 338 g/mol. The Bertz CT molecular complexity index is 1010. The van der Waals surface area contributed by atoms with Crippen LogP contribution in [0.2, 0.25) is 0 Å². The van der Waals surface area contributed by atoms with E-state index in [9.17, 15) is 4.39 Å². The second-order valence-corrected chi connectivity index (χ2v) is 5.63. The number of fused-ring (bicyclic) bond motifs is 1. The number of benzene rings is 1. The van der Waals surface area contributed by atoms with Gasteiger partial charge in [0.05, 0.1) is 31.6 Å². The van der Waals surface area contributed by atoms with E-state index in [1.54, 1.807) is 27.7 Å². The molecule has 0 radical (unpaired) electrons. The Labute approximate surface area is 142 Å². The van der Waals surface area contributed by atoms with Gasteiger partial charge in [-0.15, -0.1) is 5.10 Å². The highest BCUT2D eigenvalue weighted by molar-refractivity contribution is 5.74. The molecule has 8 heteroatoms. The van der Waals surface area contributed by atoms with Crippen molar-refractivity contribution in [2.75, 3.05) is 6.61 Å². The fourth-order valence-electron chi connectivity index (χ4n) is 2.60. The summed E-state index contributed by atoms with van der Waals surface area (Å²) in [5.74, 6) is -0.271. The number of halogens is 1. The average Bonchev–Trinajstić information content (AvgIpc) is 3.24. The third-order valence-electron chi connectivity index (χ3n) is 3.86. The summed E-state index contributed by atoms with van der Waals surface area (Å²) in [6, 6.07) is 9.98. The van der Waals surface area contributed by atoms with Gasteiger partial charge >= 0.3 is 0 Å². The Morgan fingerprint density at radius 1 is 1.08 bits per heavy atom. The fourth-order valence-corrected chi connectivity index (χ4v) is 2.60. The van der Waals surface area contributed by atoms with Gasteiger partial charge in [-0.05, 0) is 29.8 Å². The molecule has 0 bridgehead atoms. The van der Waals surface area contributed by atoms with Gasteiger partial charge in [-0.2, -0.15) is 5.10 Å². The molecule has 0 atom stereocenters. The summed E-state index contributed by atoms with van der Waals surface area (Å²) in [5, 5.41) is 21.4. The minimum atomic E-state index is -0.271. The molecule has 3 aromatic heterocycles. The zero-order valence-corrected chi connectivity index (χ0v) is 13.2. The van der Waals surface area contributed by atoms with Crippen molar-refractivity contribution in [2.45, 2.75) is 13.1 Å². The van der Waals surface area contributed by atoms with Crippen LogP contribution in [0.1, 0.15) is 5.56 Å². The molecule has 0 saturated carbocycles. The first-order valence-electron chi connectivity index (χ1n) is 7.81. The van der Waals surface area contributed by atoms with Crippen LogP contribution in [0.4, 0.5) is 4.39 Å². The van der Waals surface area contributed by atoms with Gasteiger partial charge in [-0.1, -0.05) is 17.3 Å². The Morgan fingerprint density at radius 2 is 1.92 bits per heavy atom. The first-order valence-corrected chi connectivity index (χ1v) is 7.81. The lowest BCUT2D eigenvalue weighted by molar-refractivity contribution is 0.269. The van der Waals surface area contributed by atoms with Crippen molar-refractivity contribution < 1.29 is 9.50 Å². The minimum absolute atomic E-state index is 0.0297. The SMILES string of the molecule is OCCn1cc(-c2ccc3nnn(Cc4ccc(F)cc4)c3n2)cn1. The summed E-state index contributed by atoms with van der Waals surface area (Å²) in [6.45, 7) is 0.922. The summed E-state index contributed by atoms with van der Waals surface area (Å²) >= 11 is 0. The smallest absolute Gasteiger partial charge is 0.179 e. The molecule has 0 aliphatic heterocycles. The molecule has 25 heavy (non-hydrogen) atoms. The summed E-state index contributed by atoms with van der Waals surface area (Å²) in [4.78, 5) is 4.64. The van der Waals surface area contributed by atoms with Crippen LogP contribution in [0.15, 0.2) is 48.8 Å². The minimum Gasteiger partial charge on any atom is -0.394 e. The number of aliphatic hydroxyl groups is 1. The molecular formula is C17H15FN6O. The lowest BCUT2D eigenvalue weighted by Crippen LogP contribution is -2.03. The Balaban J connectivity index is 1.68. The first-order chi connectivity index (χ1) is 12.2. The van der Waals surface area contributed by atoms with E-state index in [2.05, 4.69) is 20.4 Å². The lowest BCUT2D eigenvalue weighted by atomic mass is 10.2. The van der Waals surface area contributed by atoms with E-state index in [1.807, 2.05) is 18.3 Å². The molecule has 4 aromatic rings. The summed E-state index contributed by atoms with van der Waals surface area (Å²) < 4.78 is 16.4. The molecule has 1 N–H and O–H groups in total. The number of hydrogen-bond donors (Lipinski definition) is 1. The molecule has 7 nitrogen and oxygen atoms in total. The molecule has 126 valence electrons. The van der Waals surface area contributed by atoms with Gasteiger partial charge < -0.3 is 5.11 Å². The van der Waals surface area contributed by atoms with E-state index in [0.29, 0.717) is 24.3 Å². The van der Waals surface area contributed by atoms with Gasteiger partial charge in [0.2, 0.25) is 0 Å². The third-order valence-corrected chi connectivity index (χ3v) is 3.86. The van der Waals surface area contributed by atoms with Gasteiger partial charge in [0.15, 0.2) is 5.65 Å². The van der Waals surface area contributed by atoms with Crippen molar-refractivity contribution in [1.29, 1.82) is 0 Å². The maximum Gasteiger partial charge on any atom is 0.179 e. The van der Waals surface area contributed by atoms with Gasteiger partial charge in [0.25, 0.3) is 0 Å². The van der Waals surface area contributed by atoms with E-state index in [-0.39, 0.29) is 12.4 Å². The lowest BCUT2D eigenvalue weighted by Gasteiger charge is -2.03. The second-order valence-electron chi connectivity index (χ2n) is 5.63. The van der Waals surface area contributed by atoms with Gasteiger partial charge in [0, 0.05) is 11.8 Å². The van der Waals surface area contributed by atoms with Gasteiger partial charge in [0.1, 0.15) is 11.3 Å². The first kappa shape index (κ1) is 15.4. The maximum absolute atomic E-state index is 13.0. The molecule has 1 aromatic carbocycles. The largest absolute Gasteiger partial charge is 0.394 e. The number of pyridine rings is 1. The van der Waals surface area contributed by atoms with Crippen molar-refractivity contribution in [2.24, 2.45) is 0 Å². The van der Waals surface area contributed by atoms with E-state index in [0.717, 1.165) is 16.8 Å². The van der Waals surface area contributed by atoms with Crippen LogP contribution >= 0.6 is 0 Å². The van der Waals surface area contributed by atoms with Crippen LogP contribution in [0, 0.1) is 5.82 Å². The van der Waals surface area contributed by atoms with Crippen molar-refractivity contribution in [3.05, 3.63) is 60.2 Å². The fraction of sp³-hybridized carbons (Fsp3) is 0.176. The van der Waals surface area contributed by atoms with E-state index in [4.69, 9.17) is 5.11 Å². The Morgan fingerprint density at radius 3 is 2.72 bits per heavy atom. The third kappa shape index (κ3) is 3.11. The highest BCUT2D eigenvalue weighted by Crippen LogP contribution is 2.20. The number of rotatable bonds is 5. The van der Waals surface area contributed by atoms with E-state index < -0.39 is 0 Å². The second kappa shape index (κ2) is 6.40. The molecule has 0 amide bonds. The molecular weight excluding hydrogens is 323 g/mol. The maximum atomic E-state index is 13.0. The average molecular weight is 338 g/mol. The molecule has 0 aliphatic carbocycles. The van der Waals surface area contributed by atoms with Crippen LogP contribution < -0.4 is 0 Å². The predicted octanol–water partition coefficient (Wildman–Crippen LogP) is 1.87. The molecule has 0 fully saturated rings. The van der Waals surface area contributed by atoms with Crippen molar-refractivity contribution in [3.63, 3.8) is 0 Å². The number of hydrogen-bond acceptors (Lipinski definition) is 5. The Kier molecular flexibility index (Phi) is 3.95. The van der Waals surface area contributed by atoms with Crippen molar-refractivity contribution in [1.82, 2.24) is 29.8 Å². The standard InChI is InChI=1S/C17H15FN6O/c18-14-3-1-12(2-4-14)10-24-17-16(21-22-24)6-5-15(20-17)13-9-19-23(11-13)7-8-25/h1-6,9,11,25H,7-8,10H2. The van der Waals surface area contributed by atoms with Crippen molar-refractivity contribution >= 4 is 11.2 Å². The van der Waals surface area contributed by atoms with Gasteiger partial charge in [-0.3, -0.25) is 4.68 Å². The quantitative estimate of drug-likeness (QED) is 0.601. The molecule has 4 rings (SSSR count). The van der Waals surface area contributed by atoms with Crippen LogP contribution in [0.5, 0.6) is 0 Å². The van der Waals surface area contributed by atoms with Gasteiger partial charge in [-0.25, -0.2) is 14.1 Å². The molecule has 0 saturated heterocycles. The molecule has 0 unspecified atom stereocenters. The Hall–Kier alpha value is -3.13. The number of aromatic nitrogens is 6. The van der Waals surface area contributed by atoms with Crippen LogP contribution in [0.25, 0.3) is 22.4 Å². The van der Waals surface area contributed by atoms with Crippen molar-refractivity contribution in [3.8, 4) is 11.3 Å². The highest BCUT2D eigenvalue weighted by Gasteiger charge is 2.10. The number of nitrogens with zero attached hydrogens (tertiary/aromatic N) is 6. The summed E-state index contributed by atoms with van der Waals surface area (Å²) in [5.41, 5.74) is 3.85. The molecule has 0 aliphatic rings. The van der Waals surface area contributed by atoms with E-state index >= 15 is 0 Å².